The molecule has 26 heavy (non-hydrogen) atoms. The zero-order chi connectivity index (χ0) is 18.3. The van der Waals surface area contributed by atoms with Gasteiger partial charge in [0.05, 0.1) is 16.3 Å². The lowest BCUT2D eigenvalue weighted by atomic mass is 10.1. The van der Waals surface area contributed by atoms with E-state index in [1.165, 1.54) is 12.1 Å². The lowest BCUT2D eigenvalue weighted by molar-refractivity contribution is -0.384. The van der Waals surface area contributed by atoms with Crippen LogP contribution in [0, 0.1) is 17.0 Å². The zero-order valence-corrected chi connectivity index (χ0v) is 14.5. The second-order valence-corrected chi connectivity index (χ2v) is 6.28. The van der Waals surface area contributed by atoms with Crippen molar-refractivity contribution in [1.29, 1.82) is 0 Å². The molecular formula is C19H13ClN4O2. The van der Waals surface area contributed by atoms with Crippen LogP contribution in [0.25, 0.3) is 28.0 Å². The van der Waals surface area contributed by atoms with E-state index < -0.39 is 4.92 Å². The van der Waals surface area contributed by atoms with Gasteiger partial charge in [-0.3, -0.25) is 10.1 Å². The fraction of sp³-hybridized carbons (Fsp3) is 0.0526. The molecule has 0 amide bonds. The summed E-state index contributed by atoms with van der Waals surface area (Å²) in [6.45, 7) is 1.90. The van der Waals surface area contributed by atoms with Crippen LogP contribution in [0.3, 0.4) is 0 Å². The van der Waals surface area contributed by atoms with Crippen LogP contribution in [0.1, 0.15) is 5.69 Å². The summed E-state index contributed by atoms with van der Waals surface area (Å²) in [7, 11) is 0. The molecule has 0 saturated carbocycles. The van der Waals surface area contributed by atoms with E-state index >= 15 is 0 Å². The van der Waals surface area contributed by atoms with Crippen molar-refractivity contribution >= 4 is 22.9 Å². The molecule has 128 valence electrons. The van der Waals surface area contributed by atoms with Crippen LogP contribution in [0.15, 0.2) is 60.8 Å². The average Bonchev–Trinajstić information content (AvgIpc) is 2.97. The molecule has 0 saturated heterocycles. The van der Waals surface area contributed by atoms with Gasteiger partial charge in [0.1, 0.15) is 0 Å². The minimum atomic E-state index is -0.409. The van der Waals surface area contributed by atoms with Crippen molar-refractivity contribution in [2.24, 2.45) is 0 Å². The van der Waals surface area contributed by atoms with Gasteiger partial charge in [-0.05, 0) is 30.7 Å². The largest absolute Gasteiger partial charge is 0.270 e. The van der Waals surface area contributed by atoms with Gasteiger partial charge in [-0.2, -0.15) is 5.10 Å². The first-order chi connectivity index (χ1) is 12.5. The number of halogens is 1. The molecule has 2 heterocycles. The number of aromatic nitrogens is 3. The third kappa shape index (κ3) is 2.70. The molecule has 0 unspecified atom stereocenters. The molecule has 0 spiro atoms. The van der Waals surface area contributed by atoms with Crippen LogP contribution in [-0.2, 0) is 0 Å². The number of nitro groups is 1. The quantitative estimate of drug-likeness (QED) is 0.381. The first kappa shape index (κ1) is 16.2. The number of rotatable bonds is 3. The molecule has 7 heteroatoms. The lowest BCUT2D eigenvalue weighted by Gasteiger charge is -2.05. The number of fused-ring (bicyclic) bond motifs is 1. The topological polar surface area (TPSA) is 73.3 Å². The van der Waals surface area contributed by atoms with Crippen LogP contribution in [0.4, 0.5) is 5.69 Å². The number of benzene rings is 2. The summed E-state index contributed by atoms with van der Waals surface area (Å²) < 4.78 is 1.71. The minimum absolute atomic E-state index is 0.0337. The summed E-state index contributed by atoms with van der Waals surface area (Å²) in [6, 6.07) is 15.8. The van der Waals surface area contributed by atoms with E-state index in [2.05, 4.69) is 10.1 Å². The van der Waals surface area contributed by atoms with Gasteiger partial charge in [-0.1, -0.05) is 35.9 Å². The molecule has 0 N–H and O–H groups in total. The van der Waals surface area contributed by atoms with Crippen LogP contribution in [0.2, 0.25) is 5.02 Å². The fourth-order valence-corrected chi connectivity index (χ4v) is 3.22. The highest BCUT2D eigenvalue weighted by Crippen LogP contribution is 2.32. The van der Waals surface area contributed by atoms with Gasteiger partial charge in [-0.25, -0.2) is 9.50 Å². The standard InChI is InChI=1S/C19H13ClN4O2/c1-12-18(14-5-2-6-15(20)10-14)19-21-9-8-17(23(19)22-12)13-4-3-7-16(11-13)24(25)26/h2-11H,1H3. The van der Waals surface area contributed by atoms with Crippen molar-refractivity contribution in [2.45, 2.75) is 6.92 Å². The predicted molar refractivity (Wildman–Crippen MR) is 100 cm³/mol. The molecule has 0 fully saturated rings. The van der Waals surface area contributed by atoms with Crippen molar-refractivity contribution in [1.82, 2.24) is 14.6 Å². The molecule has 0 aliphatic carbocycles. The SMILES string of the molecule is Cc1nn2c(-c3cccc([N+](=O)[O-])c3)ccnc2c1-c1cccc(Cl)c1. The zero-order valence-electron chi connectivity index (χ0n) is 13.8. The Morgan fingerprint density at radius 3 is 2.62 bits per heavy atom. The van der Waals surface area contributed by atoms with Crippen LogP contribution in [-0.4, -0.2) is 19.5 Å². The number of non-ortho nitro benzene ring substituents is 1. The van der Waals surface area contributed by atoms with Crippen molar-refractivity contribution < 1.29 is 4.92 Å². The van der Waals surface area contributed by atoms with Crippen molar-refractivity contribution in [3.05, 3.63) is 81.6 Å². The smallest absolute Gasteiger partial charge is 0.258 e. The third-order valence-electron chi connectivity index (χ3n) is 4.16. The van der Waals surface area contributed by atoms with E-state index in [1.54, 1.807) is 22.8 Å². The summed E-state index contributed by atoms with van der Waals surface area (Å²) in [6.07, 6.45) is 1.68. The normalized spacial score (nSPS) is 11.0. The van der Waals surface area contributed by atoms with E-state index in [-0.39, 0.29) is 5.69 Å². The van der Waals surface area contributed by atoms with E-state index in [9.17, 15) is 10.1 Å². The maximum Gasteiger partial charge on any atom is 0.270 e. The highest BCUT2D eigenvalue weighted by atomic mass is 35.5. The minimum Gasteiger partial charge on any atom is -0.258 e. The Bertz CT molecular complexity index is 1150. The second-order valence-electron chi connectivity index (χ2n) is 5.84. The van der Waals surface area contributed by atoms with Crippen LogP contribution in [0.5, 0.6) is 0 Å². The summed E-state index contributed by atoms with van der Waals surface area (Å²) >= 11 is 6.13. The second kappa shape index (κ2) is 6.24. The van der Waals surface area contributed by atoms with Gasteiger partial charge in [0.15, 0.2) is 5.65 Å². The van der Waals surface area contributed by atoms with Gasteiger partial charge in [-0.15, -0.1) is 0 Å². The molecule has 2 aromatic heterocycles. The van der Waals surface area contributed by atoms with Crippen molar-refractivity contribution in [3.63, 3.8) is 0 Å². The molecule has 2 aromatic carbocycles. The fourth-order valence-electron chi connectivity index (χ4n) is 3.03. The van der Waals surface area contributed by atoms with Crippen molar-refractivity contribution in [2.75, 3.05) is 0 Å². The number of hydrogen-bond donors (Lipinski definition) is 0. The Morgan fingerprint density at radius 2 is 1.85 bits per heavy atom. The van der Waals surface area contributed by atoms with Crippen molar-refractivity contribution in [3.8, 4) is 22.4 Å². The highest BCUT2D eigenvalue weighted by Gasteiger charge is 2.17. The molecule has 0 radical (unpaired) electrons. The molecule has 0 aliphatic heterocycles. The van der Waals surface area contributed by atoms with Gasteiger partial charge < -0.3 is 0 Å². The number of nitrogens with zero attached hydrogens (tertiary/aromatic N) is 4. The first-order valence-electron chi connectivity index (χ1n) is 7.90. The third-order valence-corrected chi connectivity index (χ3v) is 4.39. The molecule has 4 rings (SSSR count). The molecule has 0 atom stereocenters. The van der Waals surface area contributed by atoms with E-state index in [4.69, 9.17) is 11.6 Å². The average molecular weight is 365 g/mol. The molecule has 6 nitrogen and oxygen atoms in total. The lowest BCUT2D eigenvalue weighted by Crippen LogP contribution is -1.97. The molecule has 0 aliphatic rings. The van der Waals surface area contributed by atoms with Gasteiger partial charge in [0, 0.05) is 34.5 Å². The highest BCUT2D eigenvalue weighted by molar-refractivity contribution is 6.30. The predicted octanol–water partition coefficient (Wildman–Crippen LogP) is 4.93. The summed E-state index contributed by atoms with van der Waals surface area (Å²) in [5.74, 6) is 0. The summed E-state index contributed by atoms with van der Waals surface area (Å²) in [5.41, 5.74) is 4.76. The molecule has 0 bridgehead atoms. The van der Waals surface area contributed by atoms with Gasteiger partial charge in [0.2, 0.25) is 0 Å². The number of nitro benzene ring substituents is 1. The van der Waals surface area contributed by atoms with E-state index in [0.29, 0.717) is 16.2 Å². The van der Waals surface area contributed by atoms with Crippen LogP contribution < -0.4 is 0 Å². The maximum atomic E-state index is 11.1. The summed E-state index contributed by atoms with van der Waals surface area (Å²) in [5, 5.41) is 16.3. The van der Waals surface area contributed by atoms with E-state index in [1.807, 2.05) is 37.3 Å². The Labute approximate surface area is 153 Å². The van der Waals surface area contributed by atoms with E-state index in [0.717, 1.165) is 22.5 Å². The Morgan fingerprint density at radius 1 is 1.08 bits per heavy atom. The van der Waals surface area contributed by atoms with Crippen LogP contribution >= 0.6 is 11.6 Å². The maximum absolute atomic E-state index is 11.1. The number of aryl methyl sites for hydroxylation is 1. The molecular weight excluding hydrogens is 352 g/mol. The monoisotopic (exact) mass is 364 g/mol. The Hall–Kier alpha value is -3.25. The Balaban J connectivity index is 1.96. The first-order valence-corrected chi connectivity index (χ1v) is 8.27. The van der Waals surface area contributed by atoms with Gasteiger partial charge in [0.25, 0.3) is 5.69 Å². The molecule has 4 aromatic rings. The summed E-state index contributed by atoms with van der Waals surface area (Å²) in [4.78, 5) is 15.1. The Kier molecular flexibility index (Phi) is 3.89. The number of hydrogen-bond acceptors (Lipinski definition) is 4. The van der Waals surface area contributed by atoms with Gasteiger partial charge >= 0.3 is 0 Å².